The van der Waals surface area contributed by atoms with Crippen molar-refractivity contribution in [2.45, 2.75) is 46.5 Å². The summed E-state index contributed by atoms with van der Waals surface area (Å²) in [5, 5.41) is 0. The normalized spacial score (nSPS) is 17.4. The maximum atomic E-state index is 2.53. The van der Waals surface area contributed by atoms with Crippen LogP contribution >= 0.6 is 0 Å². The molecule has 1 fully saturated rings. The Kier molecular flexibility index (Phi) is 4.68. The molecule has 100 valence electrons. The van der Waals surface area contributed by atoms with Crippen molar-refractivity contribution in [3.63, 3.8) is 0 Å². The molecule has 2 rings (SSSR count). The van der Waals surface area contributed by atoms with Crippen LogP contribution in [0.4, 0.5) is 5.69 Å². The molecule has 0 spiro atoms. The fourth-order valence-electron chi connectivity index (χ4n) is 2.79. The highest BCUT2D eigenvalue weighted by Crippen LogP contribution is 2.29. The first kappa shape index (κ1) is 13.5. The second-order valence-corrected chi connectivity index (χ2v) is 5.72. The number of nitrogens with zero attached hydrogens (tertiary/aromatic N) is 1. The first-order valence-corrected chi connectivity index (χ1v) is 7.39. The van der Waals surface area contributed by atoms with Gasteiger partial charge in [0.05, 0.1) is 0 Å². The SMILES string of the molecule is CCCc1ccc(N2CC[C-](C(C)C)CC2)cc1. The molecule has 0 aliphatic carbocycles. The molecule has 1 nitrogen and oxygen atoms in total. The summed E-state index contributed by atoms with van der Waals surface area (Å²) < 4.78 is 0. The Bertz CT molecular complexity index is 344. The third-order valence-corrected chi connectivity index (χ3v) is 4.06. The molecule has 1 aliphatic heterocycles. The summed E-state index contributed by atoms with van der Waals surface area (Å²) in [4.78, 5) is 2.53. The maximum absolute atomic E-state index is 2.53. The lowest BCUT2D eigenvalue weighted by atomic mass is 9.86. The van der Waals surface area contributed by atoms with Crippen molar-refractivity contribution in [1.29, 1.82) is 0 Å². The Hall–Kier alpha value is -0.980. The van der Waals surface area contributed by atoms with E-state index in [0.29, 0.717) is 0 Å². The van der Waals surface area contributed by atoms with E-state index in [-0.39, 0.29) is 0 Å². The fourth-order valence-corrected chi connectivity index (χ4v) is 2.79. The minimum absolute atomic E-state index is 0.763. The van der Waals surface area contributed by atoms with Gasteiger partial charge in [-0.2, -0.15) is 18.8 Å². The van der Waals surface area contributed by atoms with Gasteiger partial charge in [0.15, 0.2) is 0 Å². The molecule has 1 aliphatic rings. The van der Waals surface area contributed by atoms with Crippen LogP contribution in [0.1, 0.15) is 45.6 Å². The van der Waals surface area contributed by atoms with E-state index >= 15 is 0 Å². The largest absolute Gasteiger partial charge is 0.377 e. The van der Waals surface area contributed by atoms with E-state index in [1.54, 1.807) is 5.92 Å². The van der Waals surface area contributed by atoms with E-state index in [0.717, 1.165) is 5.92 Å². The quantitative estimate of drug-likeness (QED) is 0.706. The molecule has 0 aromatic heterocycles. The maximum Gasteiger partial charge on any atom is 0.0364 e. The monoisotopic (exact) mass is 244 g/mol. The predicted molar refractivity (Wildman–Crippen MR) is 80.0 cm³/mol. The van der Waals surface area contributed by atoms with Crippen LogP contribution in [0.2, 0.25) is 0 Å². The van der Waals surface area contributed by atoms with Gasteiger partial charge in [-0.3, -0.25) is 0 Å². The highest BCUT2D eigenvalue weighted by molar-refractivity contribution is 5.48. The van der Waals surface area contributed by atoms with Gasteiger partial charge in [0.2, 0.25) is 0 Å². The van der Waals surface area contributed by atoms with Gasteiger partial charge >= 0.3 is 0 Å². The van der Waals surface area contributed by atoms with Crippen LogP contribution in [0.5, 0.6) is 0 Å². The van der Waals surface area contributed by atoms with Crippen molar-refractivity contribution < 1.29 is 0 Å². The molecule has 18 heavy (non-hydrogen) atoms. The van der Waals surface area contributed by atoms with Crippen LogP contribution in [-0.2, 0) is 6.42 Å². The molecule has 1 aromatic rings. The topological polar surface area (TPSA) is 3.24 Å². The zero-order valence-electron chi connectivity index (χ0n) is 12.1. The van der Waals surface area contributed by atoms with Crippen LogP contribution < -0.4 is 4.90 Å². The Morgan fingerprint density at radius 3 is 2.22 bits per heavy atom. The van der Waals surface area contributed by atoms with Crippen LogP contribution in [-0.4, -0.2) is 13.1 Å². The number of rotatable bonds is 4. The van der Waals surface area contributed by atoms with Crippen LogP contribution in [0.15, 0.2) is 24.3 Å². The Balaban J connectivity index is 1.93. The number of aryl methyl sites for hydroxylation is 1. The second-order valence-electron chi connectivity index (χ2n) is 5.72. The van der Waals surface area contributed by atoms with Crippen molar-refractivity contribution in [3.05, 3.63) is 35.7 Å². The van der Waals surface area contributed by atoms with E-state index in [1.807, 2.05) is 0 Å². The number of hydrogen-bond donors (Lipinski definition) is 0. The van der Waals surface area contributed by atoms with Gasteiger partial charge in [0.1, 0.15) is 0 Å². The van der Waals surface area contributed by atoms with Gasteiger partial charge in [-0.05, 0) is 37.2 Å². The van der Waals surface area contributed by atoms with Crippen molar-refractivity contribution in [2.75, 3.05) is 18.0 Å². The molecular weight excluding hydrogens is 218 g/mol. The lowest BCUT2D eigenvalue weighted by Crippen LogP contribution is -2.34. The number of piperidine rings is 1. The first-order valence-electron chi connectivity index (χ1n) is 7.39. The summed E-state index contributed by atoms with van der Waals surface area (Å²) in [7, 11) is 0. The zero-order valence-corrected chi connectivity index (χ0v) is 12.1. The van der Waals surface area contributed by atoms with Gasteiger partial charge in [-0.15, -0.1) is 0 Å². The van der Waals surface area contributed by atoms with E-state index < -0.39 is 0 Å². The minimum atomic E-state index is 0.763. The average molecular weight is 244 g/mol. The molecule has 0 N–H and O–H groups in total. The third kappa shape index (κ3) is 3.28. The van der Waals surface area contributed by atoms with Gasteiger partial charge in [-0.25, -0.2) is 0 Å². The molecule has 1 saturated heterocycles. The van der Waals surface area contributed by atoms with Gasteiger partial charge in [0.25, 0.3) is 0 Å². The number of hydrogen-bond acceptors (Lipinski definition) is 1. The molecule has 0 bridgehead atoms. The third-order valence-electron chi connectivity index (χ3n) is 4.06. The second kappa shape index (κ2) is 6.26. The van der Waals surface area contributed by atoms with Crippen molar-refractivity contribution in [2.24, 2.45) is 5.92 Å². The van der Waals surface area contributed by atoms with Gasteiger partial charge in [0, 0.05) is 5.69 Å². The fraction of sp³-hybridized carbons (Fsp3) is 0.588. The number of anilines is 1. The van der Waals surface area contributed by atoms with Crippen LogP contribution in [0.25, 0.3) is 0 Å². The van der Waals surface area contributed by atoms with E-state index in [2.05, 4.69) is 49.9 Å². The molecular formula is C17H26N-. The lowest BCUT2D eigenvalue weighted by Gasteiger charge is -2.44. The Morgan fingerprint density at radius 1 is 1.11 bits per heavy atom. The summed E-state index contributed by atoms with van der Waals surface area (Å²) >= 11 is 0. The first-order chi connectivity index (χ1) is 8.70. The highest BCUT2D eigenvalue weighted by Gasteiger charge is 2.12. The standard InChI is InChI=1S/C17H26N/c1-4-5-15-6-8-17(9-7-15)18-12-10-16(11-13-18)14(2)3/h6-9,14H,4-5,10-13H2,1-3H3/q-1. The summed E-state index contributed by atoms with van der Waals surface area (Å²) in [6, 6.07) is 9.18. The van der Waals surface area contributed by atoms with Gasteiger partial charge < -0.3 is 10.8 Å². The van der Waals surface area contributed by atoms with Gasteiger partial charge in [-0.1, -0.05) is 39.3 Å². The summed E-state index contributed by atoms with van der Waals surface area (Å²) in [6.45, 7) is 9.28. The summed E-state index contributed by atoms with van der Waals surface area (Å²) in [5.74, 6) is 2.51. The van der Waals surface area contributed by atoms with Crippen molar-refractivity contribution >= 4 is 5.69 Å². The molecule has 0 unspecified atom stereocenters. The Labute approximate surface area is 112 Å². The average Bonchev–Trinajstić information content (AvgIpc) is 2.40. The summed E-state index contributed by atoms with van der Waals surface area (Å²) in [6.07, 6.45) is 4.98. The van der Waals surface area contributed by atoms with E-state index in [9.17, 15) is 0 Å². The molecule has 0 atom stereocenters. The van der Waals surface area contributed by atoms with Crippen LogP contribution in [0.3, 0.4) is 0 Å². The molecule has 0 amide bonds. The zero-order chi connectivity index (χ0) is 13.0. The molecule has 1 heteroatoms. The van der Waals surface area contributed by atoms with Crippen LogP contribution in [0, 0.1) is 11.8 Å². The van der Waals surface area contributed by atoms with Crippen molar-refractivity contribution in [3.8, 4) is 0 Å². The molecule has 1 heterocycles. The molecule has 1 aromatic carbocycles. The van der Waals surface area contributed by atoms with Crippen molar-refractivity contribution in [1.82, 2.24) is 0 Å². The highest BCUT2D eigenvalue weighted by atomic mass is 15.1. The van der Waals surface area contributed by atoms with E-state index in [4.69, 9.17) is 0 Å². The predicted octanol–water partition coefficient (Wildman–Crippen LogP) is 4.47. The molecule has 0 radical (unpaired) electrons. The van der Waals surface area contributed by atoms with E-state index in [1.165, 1.54) is 50.0 Å². The Morgan fingerprint density at radius 2 is 1.72 bits per heavy atom. The number of benzene rings is 1. The minimum Gasteiger partial charge on any atom is -0.377 e. The smallest absolute Gasteiger partial charge is 0.0364 e. The summed E-state index contributed by atoms with van der Waals surface area (Å²) in [5.41, 5.74) is 2.87. The lowest BCUT2D eigenvalue weighted by molar-refractivity contribution is 0.503. The molecule has 0 saturated carbocycles.